The lowest BCUT2D eigenvalue weighted by Crippen LogP contribution is -2.49. The Kier molecular flexibility index (Phi) is 7.42. The maximum atomic E-state index is 14.7. The predicted octanol–water partition coefficient (Wildman–Crippen LogP) is 1.46. The third-order valence-corrected chi connectivity index (χ3v) is 11.3. The first kappa shape index (κ1) is 28.5. The predicted molar refractivity (Wildman–Crippen MR) is 132 cm³/mol. The van der Waals surface area contributed by atoms with Gasteiger partial charge in [-0.05, 0) is 42.7 Å². The van der Waals surface area contributed by atoms with Crippen LogP contribution in [0.5, 0.6) is 0 Å². The van der Waals surface area contributed by atoms with Crippen molar-refractivity contribution in [2.75, 3.05) is 38.8 Å². The molecule has 208 valence electrons. The summed E-state index contributed by atoms with van der Waals surface area (Å²) in [4.78, 5) is 18.6. The number of ether oxygens (including phenoxy) is 2. The second-order valence-electron chi connectivity index (χ2n) is 9.70. The van der Waals surface area contributed by atoms with E-state index >= 15 is 0 Å². The molecule has 1 atom stereocenters. The van der Waals surface area contributed by atoms with Crippen LogP contribution in [0.2, 0.25) is 0 Å². The number of carbonyl (C=O) groups excluding carboxylic acids is 1. The van der Waals surface area contributed by atoms with Crippen LogP contribution in [0, 0.1) is 11.6 Å². The Balaban J connectivity index is 1.68. The SMILES string of the molecule is CCOC(=O)c1cc(-c2ccc(F)cc2F)c2c(n1)CN(CC1(O)COC(S(C)(=O)=O)(S(C)(=O)=O)C1)CC2. The molecular weight excluding hydrogens is 546 g/mol. The summed E-state index contributed by atoms with van der Waals surface area (Å²) in [5, 5.41) is 11.2. The van der Waals surface area contributed by atoms with E-state index in [1.807, 2.05) is 0 Å². The molecule has 1 saturated heterocycles. The van der Waals surface area contributed by atoms with E-state index in [4.69, 9.17) is 9.47 Å². The van der Waals surface area contributed by atoms with Crippen molar-refractivity contribution in [1.29, 1.82) is 0 Å². The van der Waals surface area contributed by atoms with E-state index in [9.17, 15) is 35.5 Å². The monoisotopic (exact) mass is 574 g/mol. The number of rotatable bonds is 7. The molecule has 0 radical (unpaired) electrons. The minimum atomic E-state index is -4.26. The first-order chi connectivity index (χ1) is 17.6. The standard InChI is InChI=1S/C24H28F2N2O8S2/c1-4-35-22(29)20-10-18(16-6-5-15(25)9-19(16)26)17-7-8-28(11-21(17)27-20)13-23(30)12-24(36-14-23,37(2,31)32)38(3,33)34/h5-6,9-10,30H,4,7-8,11-14H2,1-3H3. The van der Waals surface area contributed by atoms with Gasteiger partial charge in [-0.1, -0.05) is 0 Å². The number of sulfone groups is 2. The maximum absolute atomic E-state index is 14.7. The lowest BCUT2D eigenvalue weighted by molar-refractivity contribution is -0.00927. The van der Waals surface area contributed by atoms with Crippen molar-refractivity contribution in [1.82, 2.24) is 9.88 Å². The molecule has 1 aromatic heterocycles. The van der Waals surface area contributed by atoms with Crippen molar-refractivity contribution in [3.05, 3.63) is 52.9 Å². The van der Waals surface area contributed by atoms with Crippen LogP contribution in [-0.4, -0.2) is 86.5 Å². The Bertz CT molecular complexity index is 1460. The zero-order chi connectivity index (χ0) is 28.1. The number of nitrogens with zero attached hydrogens (tertiary/aromatic N) is 2. The average Bonchev–Trinajstić information content (AvgIpc) is 3.17. The number of carbonyl (C=O) groups is 1. The van der Waals surface area contributed by atoms with Crippen LogP contribution in [-0.2, 0) is 42.1 Å². The van der Waals surface area contributed by atoms with Crippen molar-refractivity contribution in [3.63, 3.8) is 0 Å². The first-order valence-corrected chi connectivity index (χ1v) is 15.5. The van der Waals surface area contributed by atoms with Gasteiger partial charge in [0.25, 0.3) is 4.27 Å². The molecule has 0 aliphatic carbocycles. The fraction of sp³-hybridized carbons (Fsp3) is 0.500. The summed E-state index contributed by atoms with van der Waals surface area (Å²) >= 11 is 0. The molecule has 38 heavy (non-hydrogen) atoms. The molecule has 2 aliphatic rings. The zero-order valence-corrected chi connectivity index (χ0v) is 22.7. The van der Waals surface area contributed by atoms with Gasteiger partial charge in [-0.25, -0.2) is 35.4 Å². The number of fused-ring (bicyclic) bond motifs is 1. The maximum Gasteiger partial charge on any atom is 0.356 e. The molecule has 2 aromatic rings. The van der Waals surface area contributed by atoms with Crippen LogP contribution in [0.4, 0.5) is 8.78 Å². The van der Waals surface area contributed by atoms with Crippen molar-refractivity contribution >= 4 is 25.6 Å². The van der Waals surface area contributed by atoms with Gasteiger partial charge in [0.1, 0.15) is 22.9 Å². The Morgan fingerprint density at radius 2 is 1.84 bits per heavy atom. The molecule has 14 heteroatoms. The highest BCUT2D eigenvalue weighted by atomic mass is 32.3. The molecule has 0 spiro atoms. The van der Waals surface area contributed by atoms with E-state index < -0.39 is 60.2 Å². The average molecular weight is 575 g/mol. The number of benzene rings is 1. The molecule has 1 fully saturated rings. The number of halogens is 2. The summed E-state index contributed by atoms with van der Waals surface area (Å²) in [5.41, 5.74) is -0.447. The van der Waals surface area contributed by atoms with Gasteiger partial charge in [-0.15, -0.1) is 0 Å². The lowest BCUT2D eigenvalue weighted by Gasteiger charge is -2.35. The fourth-order valence-electron chi connectivity index (χ4n) is 5.01. The molecule has 4 rings (SSSR count). The molecule has 1 unspecified atom stereocenters. The summed E-state index contributed by atoms with van der Waals surface area (Å²) in [6.45, 7) is 1.42. The number of esters is 1. The molecular formula is C24H28F2N2O8S2. The Morgan fingerprint density at radius 3 is 2.42 bits per heavy atom. The van der Waals surface area contributed by atoms with Gasteiger partial charge in [0.05, 0.1) is 18.9 Å². The van der Waals surface area contributed by atoms with Crippen LogP contribution in [0.15, 0.2) is 24.3 Å². The number of pyridine rings is 1. The van der Waals surface area contributed by atoms with Crippen molar-refractivity contribution in [2.24, 2.45) is 0 Å². The van der Waals surface area contributed by atoms with E-state index in [0.29, 0.717) is 29.8 Å². The summed E-state index contributed by atoms with van der Waals surface area (Å²) < 4.78 is 85.6. The number of hydrogen-bond donors (Lipinski definition) is 1. The van der Waals surface area contributed by atoms with Crippen molar-refractivity contribution in [3.8, 4) is 11.1 Å². The normalized spacial score (nSPS) is 21.7. The molecule has 0 saturated carbocycles. The van der Waals surface area contributed by atoms with Gasteiger partial charge in [0, 0.05) is 50.2 Å². The number of aromatic nitrogens is 1. The second-order valence-corrected chi connectivity index (χ2v) is 14.4. The largest absolute Gasteiger partial charge is 0.461 e. The van der Waals surface area contributed by atoms with Crippen LogP contribution in [0.3, 0.4) is 0 Å². The first-order valence-electron chi connectivity index (χ1n) is 11.7. The van der Waals surface area contributed by atoms with Gasteiger partial charge in [0.2, 0.25) is 0 Å². The third kappa shape index (κ3) is 5.19. The fourth-order valence-corrected chi connectivity index (χ4v) is 8.81. The lowest BCUT2D eigenvalue weighted by atomic mass is 9.92. The van der Waals surface area contributed by atoms with E-state index in [-0.39, 0.29) is 31.0 Å². The summed E-state index contributed by atoms with van der Waals surface area (Å²) in [5.74, 6) is -2.30. The number of aliphatic hydroxyl groups is 1. The van der Waals surface area contributed by atoms with Gasteiger partial charge in [0.15, 0.2) is 19.7 Å². The number of β-amino-alcohol motifs (C(OH)–C–C–N with tert-alkyl or cyclic N) is 1. The van der Waals surface area contributed by atoms with Gasteiger partial charge >= 0.3 is 5.97 Å². The minimum Gasteiger partial charge on any atom is -0.461 e. The van der Waals surface area contributed by atoms with Crippen LogP contribution >= 0.6 is 0 Å². The number of hydrogen-bond acceptors (Lipinski definition) is 10. The topological polar surface area (TPSA) is 140 Å². The van der Waals surface area contributed by atoms with Gasteiger partial charge in [-0.3, -0.25) is 4.90 Å². The molecule has 0 bridgehead atoms. The van der Waals surface area contributed by atoms with Crippen LogP contribution in [0.25, 0.3) is 11.1 Å². The van der Waals surface area contributed by atoms with Crippen molar-refractivity contribution in [2.45, 2.75) is 36.2 Å². The molecule has 10 nitrogen and oxygen atoms in total. The highest BCUT2D eigenvalue weighted by Gasteiger charge is 2.62. The quantitative estimate of drug-likeness (QED) is 0.483. The summed E-state index contributed by atoms with van der Waals surface area (Å²) in [7, 11) is -8.52. The Morgan fingerprint density at radius 1 is 1.16 bits per heavy atom. The summed E-state index contributed by atoms with van der Waals surface area (Å²) in [6, 6.07) is 4.52. The van der Waals surface area contributed by atoms with E-state index in [2.05, 4.69) is 4.98 Å². The molecule has 3 heterocycles. The van der Waals surface area contributed by atoms with E-state index in [1.54, 1.807) is 11.8 Å². The van der Waals surface area contributed by atoms with Gasteiger partial charge < -0.3 is 14.6 Å². The second kappa shape index (κ2) is 9.90. The van der Waals surface area contributed by atoms with Crippen LogP contribution < -0.4 is 0 Å². The minimum absolute atomic E-state index is 0.0749. The zero-order valence-electron chi connectivity index (χ0n) is 21.0. The van der Waals surface area contributed by atoms with E-state index in [0.717, 1.165) is 24.6 Å². The third-order valence-electron chi connectivity index (χ3n) is 6.72. The summed E-state index contributed by atoms with van der Waals surface area (Å²) in [6.07, 6.45) is 1.11. The van der Waals surface area contributed by atoms with Crippen LogP contribution in [0.1, 0.15) is 35.1 Å². The highest BCUT2D eigenvalue weighted by molar-refractivity contribution is 8.09. The highest BCUT2D eigenvalue weighted by Crippen LogP contribution is 2.42. The molecule has 2 aliphatic heterocycles. The van der Waals surface area contributed by atoms with Crippen molar-refractivity contribution < 1.29 is 45.0 Å². The smallest absolute Gasteiger partial charge is 0.356 e. The van der Waals surface area contributed by atoms with E-state index in [1.165, 1.54) is 12.1 Å². The Hall–Kier alpha value is -2.52. The molecule has 1 N–H and O–H groups in total. The Labute approximate surface area is 219 Å². The molecule has 0 amide bonds. The molecule has 1 aromatic carbocycles. The van der Waals surface area contributed by atoms with Gasteiger partial charge in [-0.2, -0.15) is 0 Å².